The summed E-state index contributed by atoms with van der Waals surface area (Å²) in [5.41, 5.74) is 1.15. The summed E-state index contributed by atoms with van der Waals surface area (Å²) in [5, 5.41) is 21.1. The van der Waals surface area contributed by atoms with E-state index in [1.54, 1.807) is 0 Å². The highest BCUT2D eigenvalue weighted by molar-refractivity contribution is 5.85. The molecule has 0 radical (unpaired) electrons. The third kappa shape index (κ3) is 5.65. The minimum atomic E-state index is -0.757. The van der Waals surface area contributed by atoms with Gasteiger partial charge >= 0.3 is 5.97 Å². The molecule has 6 atom stereocenters. The van der Waals surface area contributed by atoms with Gasteiger partial charge in [-0.3, -0.25) is 4.79 Å². The van der Waals surface area contributed by atoms with Crippen LogP contribution in [0.25, 0.3) is 0 Å². The molecular weight excluding hydrogens is 372 g/mol. The average molecular weight is 405 g/mol. The molecular formula is C23H32O6. The molecule has 0 bridgehead atoms. The van der Waals surface area contributed by atoms with Gasteiger partial charge in [-0.15, -0.1) is 0 Å². The Kier molecular flexibility index (Phi) is 7.81. The van der Waals surface area contributed by atoms with Gasteiger partial charge in [0.25, 0.3) is 0 Å². The Balaban J connectivity index is 1.38. The molecule has 29 heavy (non-hydrogen) atoms. The Morgan fingerprint density at radius 1 is 1.21 bits per heavy atom. The van der Waals surface area contributed by atoms with Crippen molar-refractivity contribution < 1.29 is 29.3 Å². The van der Waals surface area contributed by atoms with Crippen molar-refractivity contribution in [2.24, 2.45) is 23.7 Å². The van der Waals surface area contributed by atoms with Crippen molar-refractivity contribution >= 4 is 11.8 Å². The van der Waals surface area contributed by atoms with Crippen molar-refractivity contribution in [3.8, 4) is 0 Å². The van der Waals surface area contributed by atoms with Crippen molar-refractivity contribution in [2.75, 3.05) is 20.3 Å². The standard InChI is InChI=1S/C23H32O6/c1-28-20(26)14-29-12-6-5-9-16-19(25)13-17-21(16)22(17)23(27)18(24)11-10-15-7-3-2-4-8-15/h2-4,7-8,16-18,21-24,27H,5-6,9-14H2,1H3. The first kappa shape index (κ1) is 21.9. The van der Waals surface area contributed by atoms with Crippen molar-refractivity contribution in [1.29, 1.82) is 0 Å². The van der Waals surface area contributed by atoms with Gasteiger partial charge in [0.2, 0.25) is 0 Å². The number of carbonyl (C=O) groups excluding carboxylic acids is 2. The molecule has 1 aromatic carbocycles. The Morgan fingerprint density at radius 3 is 2.69 bits per heavy atom. The fourth-order valence-corrected chi connectivity index (χ4v) is 4.87. The van der Waals surface area contributed by atoms with Crippen molar-refractivity contribution in [2.45, 2.75) is 50.7 Å². The summed E-state index contributed by atoms with van der Waals surface area (Å²) < 4.78 is 9.75. The zero-order valence-corrected chi connectivity index (χ0v) is 17.0. The zero-order chi connectivity index (χ0) is 20.8. The van der Waals surface area contributed by atoms with Crippen molar-refractivity contribution in [3.63, 3.8) is 0 Å². The molecule has 6 nitrogen and oxygen atoms in total. The lowest BCUT2D eigenvalue weighted by Gasteiger charge is -2.21. The lowest BCUT2D eigenvalue weighted by Crippen LogP contribution is -2.32. The molecule has 2 aliphatic rings. The summed E-state index contributed by atoms with van der Waals surface area (Å²) in [5.74, 6) is 0.363. The molecule has 1 aromatic rings. The van der Waals surface area contributed by atoms with E-state index in [2.05, 4.69) is 4.74 Å². The number of hydrogen-bond donors (Lipinski definition) is 2. The van der Waals surface area contributed by atoms with E-state index in [4.69, 9.17) is 4.74 Å². The molecule has 0 aliphatic heterocycles. The highest BCUT2D eigenvalue weighted by Crippen LogP contribution is 2.62. The molecule has 6 unspecified atom stereocenters. The number of benzene rings is 1. The second kappa shape index (κ2) is 10.3. The predicted molar refractivity (Wildman–Crippen MR) is 107 cm³/mol. The topological polar surface area (TPSA) is 93.1 Å². The molecule has 2 saturated carbocycles. The molecule has 2 N–H and O–H groups in total. The monoisotopic (exact) mass is 404 g/mol. The molecule has 2 aliphatic carbocycles. The van der Waals surface area contributed by atoms with Crippen molar-refractivity contribution in [3.05, 3.63) is 35.9 Å². The zero-order valence-electron chi connectivity index (χ0n) is 17.0. The third-order valence-electron chi connectivity index (χ3n) is 6.47. The van der Waals surface area contributed by atoms with E-state index in [9.17, 15) is 19.8 Å². The molecule has 0 spiro atoms. The van der Waals surface area contributed by atoms with Crippen LogP contribution in [-0.4, -0.2) is 54.5 Å². The highest BCUT2D eigenvalue weighted by atomic mass is 16.6. The molecule has 2 fully saturated rings. The van der Waals surface area contributed by atoms with E-state index in [0.717, 1.165) is 31.2 Å². The number of esters is 1. The van der Waals surface area contributed by atoms with Gasteiger partial charge in [-0.05, 0) is 49.0 Å². The number of fused-ring (bicyclic) bond motifs is 1. The average Bonchev–Trinajstić information content (AvgIpc) is 3.33. The van der Waals surface area contributed by atoms with Crippen LogP contribution in [0.3, 0.4) is 0 Å². The summed E-state index contributed by atoms with van der Waals surface area (Å²) in [4.78, 5) is 23.3. The first-order chi connectivity index (χ1) is 14.0. The van der Waals surface area contributed by atoms with Gasteiger partial charge in [-0.25, -0.2) is 4.79 Å². The number of aryl methyl sites for hydroxylation is 1. The Morgan fingerprint density at radius 2 is 1.97 bits per heavy atom. The summed E-state index contributed by atoms with van der Waals surface area (Å²) >= 11 is 0. The summed E-state index contributed by atoms with van der Waals surface area (Å²) in [6.07, 6.45) is 2.69. The van der Waals surface area contributed by atoms with Crippen LogP contribution in [0.5, 0.6) is 0 Å². The van der Waals surface area contributed by atoms with Crippen LogP contribution in [0.2, 0.25) is 0 Å². The van der Waals surface area contributed by atoms with Crippen molar-refractivity contribution in [1.82, 2.24) is 0 Å². The molecule has 0 aromatic heterocycles. The van der Waals surface area contributed by atoms with Gasteiger partial charge in [0.1, 0.15) is 12.4 Å². The van der Waals surface area contributed by atoms with Crippen LogP contribution < -0.4 is 0 Å². The molecule has 6 heteroatoms. The van der Waals surface area contributed by atoms with Crippen LogP contribution in [0.15, 0.2) is 30.3 Å². The second-order valence-corrected chi connectivity index (χ2v) is 8.30. The van der Waals surface area contributed by atoms with Gasteiger partial charge in [0.05, 0.1) is 19.3 Å². The van der Waals surface area contributed by atoms with Crippen LogP contribution in [-0.2, 0) is 25.5 Å². The number of aliphatic hydroxyl groups excluding tert-OH is 2. The van der Waals surface area contributed by atoms with Gasteiger partial charge in [0, 0.05) is 18.9 Å². The Hall–Kier alpha value is -1.76. The Labute approximate surface area is 172 Å². The summed E-state index contributed by atoms with van der Waals surface area (Å²) in [6.45, 7) is 0.424. The third-order valence-corrected chi connectivity index (χ3v) is 6.47. The lowest BCUT2D eigenvalue weighted by molar-refractivity contribution is -0.145. The maximum Gasteiger partial charge on any atom is 0.331 e. The summed E-state index contributed by atoms with van der Waals surface area (Å²) in [7, 11) is 1.33. The largest absolute Gasteiger partial charge is 0.467 e. The molecule has 3 rings (SSSR count). The maximum absolute atomic E-state index is 12.3. The minimum absolute atomic E-state index is 0.0124. The number of rotatable bonds is 12. The number of hydrogen-bond acceptors (Lipinski definition) is 6. The van der Waals surface area contributed by atoms with Gasteiger partial charge < -0.3 is 19.7 Å². The van der Waals surface area contributed by atoms with Crippen LogP contribution in [0.4, 0.5) is 0 Å². The lowest BCUT2D eigenvalue weighted by atomic mass is 9.89. The van der Waals surface area contributed by atoms with Crippen LogP contribution >= 0.6 is 0 Å². The Bertz CT molecular complexity index is 675. The van der Waals surface area contributed by atoms with Gasteiger partial charge in [-0.1, -0.05) is 36.8 Å². The maximum atomic E-state index is 12.3. The number of aliphatic hydroxyl groups is 2. The van der Waals surface area contributed by atoms with Crippen LogP contribution in [0, 0.1) is 23.7 Å². The number of carbonyl (C=O) groups is 2. The van der Waals surface area contributed by atoms with Crippen LogP contribution in [0.1, 0.15) is 37.7 Å². The predicted octanol–water partition coefficient (Wildman–Crippen LogP) is 2.15. The number of ether oxygens (including phenoxy) is 2. The number of Topliss-reactive ketones (excluding diaryl/α,β-unsaturated/α-hetero) is 1. The van der Waals surface area contributed by atoms with Gasteiger partial charge in [-0.2, -0.15) is 0 Å². The number of methoxy groups -OCH3 is 1. The van der Waals surface area contributed by atoms with E-state index in [-0.39, 0.29) is 42.0 Å². The fraction of sp³-hybridized carbons (Fsp3) is 0.652. The summed E-state index contributed by atoms with van der Waals surface area (Å²) in [6, 6.07) is 9.95. The number of unbranched alkanes of at least 4 members (excludes halogenated alkanes) is 1. The SMILES string of the molecule is COC(=O)COCCCCC1C(=O)CC2C1C2C(O)C(O)CCc1ccccc1. The van der Waals surface area contributed by atoms with E-state index < -0.39 is 12.2 Å². The second-order valence-electron chi connectivity index (χ2n) is 8.30. The molecule has 0 amide bonds. The quantitative estimate of drug-likeness (QED) is 0.410. The van der Waals surface area contributed by atoms with E-state index >= 15 is 0 Å². The molecule has 0 saturated heterocycles. The first-order valence-electron chi connectivity index (χ1n) is 10.6. The highest BCUT2D eigenvalue weighted by Gasteiger charge is 2.64. The molecule has 160 valence electrons. The van der Waals surface area contributed by atoms with Gasteiger partial charge in [0.15, 0.2) is 0 Å². The van der Waals surface area contributed by atoms with E-state index in [0.29, 0.717) is 19.4 Å². The molecule has 0 heterocycles. The minimum Gasteiger partial charge on any atom is -0.467 e. The van der Waals surface area contributed by atoms with E-state index in [1.165, 1.54) is 7.11 Å². The first-order valence-corrected chi connectivity index (χ1v) is 10.6. The normalized spacial score (nSPS) is 27.3. The van der Waals surface area contributed by atoms with E-state index in [1.807, 2.05) is 30.3 Å². The fourth-order valence-electron chi connectivity index (χ4n) is 4.87. The smallest absolute Gasteiger partial charge is 0.331 e. The number of ketones is 1.